The van der Waals surface area contributed by atoms with Gasteiger partial charge in [0.2, 0.25) is 0 Å². The van der Waals surface area contributed by atoms with Crippen LogP contribution >= 0.6 is 0 Å². The number of sulfone groups is 1. The summed E-state index contributed by atoms with van der Waals surface area (Å²) in [5.41, 5.74) is 0.644. The molecule has 1 aliphatic carbocycles. The molecule has 2 N–H and O–H groups in total. The Morgan fingerprint density at radius 3 is 2.67 bits per heavy atom. The first-order valence-corrected chi connectivity index (χ1v) is 8.65. The monoisotopic (exact) mass is 313 g/mol. The highest BCUT2D eigenvalue weighted by atomic mass is 32.2. The minimum absolute atomic E-state index is 0.132. The molecule has 116 valence electrons. The van der Waals surface area contributed by atoms with Crippen LogP contribution in [0.1, 0.15) is 29.6 Å². The Bertz CT molecular complexity index is 641. The van der Waals surface area contributed by atoms with Gasteiger partial charge in [0.1, 0.15) is 5.75 Å². The first kappa shape index (κ1) is 15.6. The van der Waals surface area contributed by atoms with E-state index in [1.54, 1.807) is 6.07 Å². The topological polar surface area (TPSA) is 92.7 Å². The van der Waals surface area contributed by atoms with E-state index >= 15 is 0 Å². The van der Waals surface area contributed by atoms with Crippen molar-refractivity contribution in [1.29, 1.82) is 0 Å². The lowest BCUT2D eigenvalue weighted by atomic mass is 10.1. The predicted octanol–water partition coefficient (Wildman–Crippen LogP) is 1.77. The lowest BCUT2D eigenvalue weighted by molar-refractivity contribution is 0.0697. The molecule has 1 saturated carbocycles. The zero-order valence-corrected chi connectivity index (χ0v) is 12.8. The maximum atomic E-state index is 11.8. The molecule has 0 radical (unpaired) electrons. The zero-order chi connectivity index (χ0) is 15.6. The standard InChI is InChI=1S/C14H19NO5S/c1-20-12-7-6-9(14(16)17)8-11(12)15-10-4-3-5-13(10)21(2,18)19/h6-8,10,13,15H,3-5H2,1-2H3,(H,16,17). The maximum Gasteiger partial charge on any atom is 0.335 e. The number of carbonyl (C=O) groups is 1. The number of carboxylic acid groups (broad SMARTS) is 1. The fourth-order valence-electron chi connectivity index (χ4n) is 2.76. The van der Waals surface area contributed by atoms with Gasteiger partial charge in [0.05, 0.1) is 23.6 Å². The lowest BCUT2D eigenvalue weighted by Crippen LogP contribution is -2.34. The smallest absolute Gasteiger partial charge is 0.335 e. The maximum absolute atomic E-state index is 11.8. The van der Waals surface area contributed by atoms with Gasteiger partial charge in [-0.3, -0.25) is 0 Å². The van der Waals surface area contributed by atoms with Gasteiger partial charge in [-0.15, -0.1) is 0 Å². The second-order valence-corrected chi connectivity index (χ2v) is 7.53. The predicted molar refractivity (Wildman–Crippen MR) is 79.8 cm³/mol. The number of ether oxygens (including phenoxy) is 1. The molecule has 6 nitrogen and oxygen atoms in total. The fourth-order valence-corrected chi connectivity index (χ4v) is 4.15. The molecular formula is C14H19NO5S. The molecule has 1 aromatic carbocycles. The molecule has 7 heteroatoms. The molecule has 1 aliphatic rings. The van der Waals surface area contributed by atoms with Crippen molar-refractivity contribution in [3.05, 3.63) is 23.8 Å². The van der Waals surface area contributed by atoms with Gasteiger partial charge in [0, 0.05) is 12.3 Å². The van der Waals surface area contributed by atoms with E-state index in [1.165, 1.54) is 25.5 Å². The summed E-state index contributed by atoms with van der Waals surface area (Å²) in [5.74, 6) is -0.536. The molecule has 0 spiro atoms. The summed E-state index contributed by atoms with van der Waals surface area (Å²) in [5, 5.41) is 11.7. The minimum atomic E-state index is -3.14. The second kappa shape index (κ2) is 5.93. The molecule has 0 aliphatic heterocycles. The number of hydrogen-bond donors (Lipinski definition) is 2. The number of nitrogens with one attached hydrogen (secondary N) is 1. The largest absolute Gasteiger partial charge is 0.495 e. The van der Waals surface area contributed by atoms with Gasteiger partial charge in [0.15, 0.2) is 9.84 Å². The normalized spacial score (nSPS) is 22.0. The van der Waals surface area contributed by atoms with E-state index in [0.29, 0.717) is 17.9 Å². The zero-order valence-electron chi connectivity index (χ0n) is 12.0. The molecule has 0 amide bonds. The summed E-state index contributed by atoms with van der Waals surface area (Å²) in [4.78, 5) is 11.0. The number of carboxylic acids is 1. The van der Waals surface area contributed by atoms with Gasteiger partial charge in [-0.05, 0) is 37.5 Å². The SMILES string of the molecule is COc1ccc(C(=O)O)cc1NC1CCCC1S(C)(=O)=O. The Hall–Kier alpha value is -1.76. The highest BCUT2D eigenvalue weighted by molar-refractivity contribution is 7.91. The van der Waals surface area contributed by atoms with E-state index in [1.807, 2.05) is 0 Å². The summed E-state index contributed by atoms with van der Waals surface area (Å²) in [6.45, 7) is 0. The number of methoxy groups -OCH3 is 1. The summed E-state index contributed by atoms with van der Waals surface area (Å²) in [7, 11) is -1.65. The molecule has 1 fully saturated rings. The third-order valence-corrected chi connectivity index (χ3v) is 5.45. The van der Waals surface area contributed by atoms with Gasteiger partial charge in [-0.25, -0.2) is 13.2 Å². The highest BCUT2D eigenvalue weighted by Gasteiger charge is 2.35. The summed E-state index contributed by atoms with van der Waals surface area (Å²) in [6, 6.07) is 4.27. The van der Waals surface area contributed by atoms with Crippen molar-refractivity contribution in [2.45, 2.75) is 30.6 Å². The number of aromatic carboxylic acids is 1. The second-order valence-electron chi connectivity index (χ2n) is 5.27. The van der Waals surface area contributed by atoms with Crippen molar-refractivity contribution in [2.24, 2.45) is 0 Å². The number of hydrogen-bond acceptors (Lipinski definition) is 5. The summed E-state index contributed by atoms with van der Waals surface area (Å²) in [6.07, 6.45) is 3.43. The molecule has 1 aromatic rings. The molecule has 0 aromatic heterocycles. The van der Waals surface area contributed by atoms with Crippen molar-refractivity contribution in [3.8, 4) is 5.75 Å². The van der Waals surface area contributed by atoms with Crippen LogP contribution in [0.3, 0.4) is 0 Å². The Morgan fingerprint density at radius 1 is 1.38 bits per heavy atom. The Balaban J connectivity index is 2.29. The number of benzene rings is 1. The molecule has 2 atom stereocenters. The molecule has 0 saturated heterocycles. The Kier molecular flexibility index (Phi) is 4.41. The average Bonchev–Trinajstić information content (AvgIpc) is 2.86. The van der Waals surface area contributed by atoms with E-state index in [2.05, 4.69) is 5.32 Å². The third-order valence-electron chi connectivity index (χ3n) is 3.79. The Labute approximate surface area is 124 Å². The van der Waals surface area contributed by atoms with E-state index in [-0.39, 0.29) is 11.6 Å². The van der Waals surface area contributed by atoms with E-state index in [0.717, 1.165) is 12.8 Å². The molecule has 0 bridgehead atoms. The first-order valence-electron chi connectivity index (χ1n) is 6.69. The number of rotatable bonds is 5. The van der Waals surface area contributed by atoms with Crippen LogP contribution in [0.5, 0.6) is 5.75 Å². The lowest BCUT2D eigenvalue weighted by Gasteiger charge is -2.22. The summed E-state index contributed by atoms with van der Waals surface area (Å²) >= 11 is 0. The van der Waals surface area contributed by atoms with Crippen LogP contribution < -0.4 is 10.1 Å². The van der Waals surface area contributed by atoms with Crippen LogP contribution in [0, 0.1) is 0 Å². The van der Waals surface area contributed by atoms with Gasteiger partial charge in [-0.1, -0.05) is 0 Å². The van der Waals surface area contributed by atoms with Crippen LogP contribution in [0.15, 0.2) is 18.2 Å². The van der Waals surface area contributed by atoms with Crippen LogP contribution in [0.25, 0.3) is 0 Å². The van der Waals surface area contributed by atoms with Gasteiger partial charge < -0.3 is 15.2 Å². The molecule has 21 heavy (non-hydrogen) atoms. The van der Waals surface area contributed by atoms with Crippen LogP contribution in [0.2, 0.25) is 0 Å². The van der Waals surface area contributed by atoms with E-state index in [9.17, 15) is 13.2 Å². The van der Waals surface area contributed by atoms with Crippen LogP contribution in [0.4, 0.5) is 5.69 Å². The van der Waals surface area contributed by atoms with Crippen molar-refractivity contribution >= 4 is 21.5 Å². The highest BCUT2D eigenvalue weighted by Crippen LogP contribution is 2.32. The van der Waals surface area contributed by atoms with Crippen molar-refractivity contribution in [1.82, 2.24) is 0 Å². The fraction of sp³-hybridized carbons (Fsp3) is 0.500. The number of anilines is 1. The van der Waals surface area contributed by atoms with Crippen molar-refractivity contribution < 1.29 is 23.1 Å². The molecule has 0 heterocycles. The van der Waals surface area contributed by atoms with E-state index in [4.69, 9.17) is 9.84 Å². The average molecular weight is 313 g/mol. The van der Waals surface area contributed by atoms with Gasteiger partial charge >= 0.3 is 5.97 Å². The van der Waals surface area contributed by atoms with Crippen molar-refractivity contribution in [2.75, 3.05) is 18.7 Å². The van der Waals surface area contributed by atoms with Crippen molar-refractivity contribution in [3.63, 3.8) is 0 Å². The van der Waals surface area contributed by atoms with Crippen LogP contribution in [-0.4, -0.2) is 44.2 Å². The van der Waals surface area contributed by atoms with E-state index < -0.39 is 21.1 Å². The third kappa shape index (κ3) is 3.47. The first-order chi connectivity index (χ1) is 9.82. The van der Waals surface area contributed by atoms with Gasteiger partial charge in [-0.2, -0.15) is 0 Å². The Morgan fingerprint density at radius 2 is 2.10 bits per heavy atom. The minimum Gasteiger partial charge on any atom is -0.495 e. The van der Waals surface area contributed by atoms with Crippen LogP contribution in [-0.2, 0) is 9.84 Å². The molecule has 2 rings (SSSR count). The quantitative estimate of drug-likeness (QED) is 0.860. The molecule has 2 unspecified atom stereocenters. The molecular weight excluding hydrogens is 294 g/mol. The van der Waals surface area contributed by atoms with Gasteiger partial charge in [0.25, 0.3) is 0 Å². The summed E-state index contributed by atoms with van der Waals surface area (Å²) < 4.78 is 28.8.